The predicted octanol–water partition coefficient (Wildman–Crippen LogP) is 1.42. The highest BCUT2D eigenvalue weighted by atomic mass is 16.1. The molecule has 1 heterocycles. The van der Waals surface area contributed by atoms with Crippen LogP contribution in [0.4, 0.5) is 0 Å². The van der Waals surface area contributed by atoms with Crippen molar-refractivity contribution in [3.8, 4) is 11.8 Å². The van der Waals surface area contributed by atoms with Crippen LogP contribution in [0.3, 0.4) is 0 Å². The SMILES string of the molecule is CC(=O)NCCC#Cc1cnn(CC(C)C)c1. The molecule has 4 heteroatoms. The number of amides is 1. The predicted molar refractivity (Wildman–Crippen MR) is 67.2 cm³/mol. The molecule has 4 nitrogen and oxygen atoms in total. The number of hydrogen-bond acceptors (Lipinski definition) is 2. The van der Waals surface area contributed by atoms with Gasteiger partial charge in [0.1, 0.15) is 0 Å². The minimum Gasteiger partial charge on any atom is -0.355 e. The summed E-state index contributed by atoms with van der Waals surface area (Å²) in [5.74, 6) is 6.60. The molecule has 1 amide bonds. The Morgan fingerprint density at radius 1 is 1.59 bits per heavy atom. The van der Waals surface area contributed by atoms with Crippen LogP contribution < -0.4 is 5.32 Å². The summed E-state index contributed by atoms with van der Waals surface area (Å²) in [6.45, 7) is 7.32. The Labute approximate surface area is 102 Å². The highest BCUT2D eigenvalue weighted by Crippen LogP contribution is 2.00. The fourth-order valence-electron chi connectivity index (χ4n) is 1.37. The van der Waals surface area contributed by atoms with Crippen LogP contribution in [0.2, 0.25) is 0 Å². The molecule has 17 heavy (non-hydrogen) atoms. The van der Waals surface area contributed by atoms with Crippen molar-refractivity contribution in [2.75, 3.05) is 6.54 Å². The first-order valence-electron chi connectivity index (χ1n) is 5.83. The molecule has 0 aliphatic heterocycles. The Kier molecular flexibility index (Phi) is 5.28. The van der Waals surface area contributed by atoms with Crippen LogP contribution in [-0.2, 0) is 11.3 Å². The first-order chi connectivity index (χ1) is 8.08. The smallest absolute Gasteiger partial charge is 0.216 e. The minimum absolute atomic E-state index is 0.0171. The summed E-state index contributed by atoms with van der Waals surface area (Å²) in [4.78, 5) is 10.6. The van der Waals surface area contributed by atoms with Gasteiger partial charge < -0.3 is 5.32 Å². The van der Waals surface area contributed by atoms with Crippen molar-refractivity contribution >= 4 is 5.91 Å². The van der Waals surface area contributed by atoms with Crippen molar-refractivity contribution < 1.29 is 4.79 Å². The van der Waals surface area contributed by atoms with E-state index in [0.29, 0.717) is 18.9 Å². The number of nitrogens with zero attached hydrogens (tertiary/aromatic N) is 2. The standard InChI is InChI=1S/C13H19N3O/c1-11(2)9-16-10-13(8-15-16)6-4-5-7-14-12(3)17/h8,10-11H,5,7,9H2,1-3H3,(H,14,17). The maximum atomic E-state index is 10.6. The van der Waals surface area contributed by atoms with Crippen molar-refractivity contribution in [3.63, 3.8) is 0 Å². The number of nitrogens with one attached hydrogen (secondary N) is 1. The molecule has 0 spiro atoms. The minimum atomic E-state index is -0.0171. The Hall–Kier alpha value is -1.76. The molecular weight excluding hydrogens is 214 g/mol. The normalized spacial score (nSPS) is 9.88. The molecule has 1 rings (SSSR count). The van der Waals surface area contributed by atoms with E-state index in [-0.39, 0.29) is 5.91 Å². The lowest BCUT2D eigenvalue weighted by atomic mass is 10.2. The summed E-state index contributed by atoms with van der Waals surface area (Å²) in [5, 5.41) is 6.93. The molecule has 0 radical (unpaired) electrons. The third-order valence-corrected chi connectivity index (χ3v) is 2.04. The first kappa shape index (κ1) is 13.3. The van der Waals surface area contributed by atoms with Gasteiger partial charge in [-0.1, -0.05) is 25.7 Å². The zero-order valence-corrected chi connectivity index (χ0v) is 10.7. The summed E-state index contributed by atoms with van der Waals surface area (Å²) in [7, 11) is 0. The summed E-state index contributed by atoms with van der Waals surface area (Å²) in [5.41, 5.74) is 0.925. The molecule has 0 atom stereocenters. The van der Waals surface area contributed by atoms with Crippen LogP contribution in [-0.4, -0.2) is 22.2 Å². The Morgan fingerprint density at radius 3 is 3.00 bits per heavy atom. The number of aromatic nitrogens is 2. The van der Waals surface area contributed by atoms with Gasteiger partial charge >= 0.3 is 0 Å². The van der Waals surface area contributed by atoms with Crippen LogP contribution in [0, 0.1) is 17.8 Å². The van der Waals surface area contributed by atoms with Crippen LogP contribution in [0.15, 0.2) is 12.4 Å². The van der Waals surface area contributed by atoms with Crippen molar-refractivity contribution in [3.05, 3.63) is 18.0 Å². The zero-order valence-electron chi connectivity index (χ0n) is 10.7. The maximum absolute atomic E-state index is 10.6. The van der Waals surface area contributed by atoms with Crippen LogP contribution in [0.25, 0.3) is 0 Å². The molecule has 1 N–H and O–H groups in total. The monoisotopic (exact) mass is 233 g/mol. The second-order valence-electron chi connectivity index (χ2n) is 4.38. The molecule has 0 saturated carbocycles. The molecule has 0 saturated heterocycles. The van der Waals surface area contributed by atoms with Crippen LogP contribution in [0.1, 0.15) is 32.8 Å². The molecule has 0 bridgehead atoms. The van der Waals surface area contributed by atoms with Gasteiger partial charge in [0.15, 0.2) is 0 Å². The lowest BCUT2D eigenvalue weighted by Crippen LogP contribution is -2.20. The van der Waals surface area contributed by atoms with E-state index in [2.05, 4.69) is 36.1 Å². The van der Waals surface area contributed by atoms with E-state index >= 15 is 0 Å². The Balaban J connectivity index is 2.38. The second-order valence-corrected chi connectivity index (χ2v) is 4.38. The molecule has 1 aromatic rings. The quantitative estimate of drug-likeness (QED) is 0.631. The molecular formula is C13H19N3O. The molecule has 0 fully saturated rings. The van der Waals surface area contributed by atoms with Gasteiger partial charge in [-0.25, -0.2) is 0 Å². The van der Waals surface area contributed by atoms with E-state index in [1.54, 1.807) is 6.20 Å². The van der Waals surface area contributed by atoms with Gasteiger partial charge in [0.25, 0.3) is 0 Å². The maximum Gasteiger partial charge on any atom is 0.216 e. The third kappa shape index (κ3) is 5.76. The van der Waals surface area contributed by atoms with Gasteiger partial charge in [0, 0.05) is 32.6 Å². The van der Waals surface area contributed by atoms with Crippen LogP contribution >= 0.6 is 0 Å². The molecule has 1 aromatic heterocycles. The van der Waals surface area contributed by atoms with E-state index in [0.717, 1.165) is 12.1 Å². The van der Waals surface area contributed by atoms with E-state index in [1.165, 1.54) is 6.92 Å². The Morgan fingerprint density at radius 2 is 2.35 bits per heavy atom. The topological polar surface area (TPSA) is 46.9 Å². The van der Waals surface area contributed by atoms with Crippen LogP contribution in [0.5, 0.6) is 0 Å². The van der Waals surface area contributed by atoms with Gasteiger partial charge in [-0.05, 0) is 5.92 Å². The number of carbonyl (C=O) groups is 1. The van der Waals surface area contributed by atoms with Gasteiger partial charge in [-0.15, -0.1) is 0 Å². The van der Waals surface area contributed by atoms with Crippen molar-refractivity contribution in [1.82, 2.24) is 15.1 Å². The van der Waals surface area contributed by atoms with Crippen molar-refractivity contribution in [2.45, 2.75) is 33.7 Å². The highest BCUT2D eigenvalue weighted by Gasteiger charge is 1.98. The number of rotatable bonds is 4. The summed E-state index contributed by atoms with van der Waals surface area (Å²) >= 11 is 0. The van der Waals surface area contributed by atoms with E-state index < -0.39 is 0 Å². The molecule has 0 unspecified atom stereocenters. The van der Waals surface area contributed by atoms with E-state index in [4.69, 9.17) is 0 Å². The third-order valence-electron chi connectivity index (χ3n) is 2.04. The summed E-state index contributed by atoms with van der Waals surface area (Å²) in [6, 6.07) is 0. The molecule has 0 aliphatic rings. The average Bonchev–Trinajstić information content (AvgIpc) is 2.63. The van der Waals surface area contributed by atoms with Crippen molar-refractivity contribution in [1.29, 1.82) is 0 Å². The first-order valence-corrected chi connectivity index (χ1v) is 5.83. The van der Waals surface area contributed by atoms with Gasteiger partial charge in [0.05, 0.1) is 11.8 Å². The largest absolute Gasteiger partial charge is 0.355 e. The second kappa shape index (κ2) is 6.74. The average molecular weight is 233 g/mol. The fraction of sp³-hybridized carbons (Fsp3) is 0.538. The Bertz CT molecular complexity index is 423. The number of carbonyl (C=O) groups excluding carboxylic acids is 1. The number of hydrogen-bond donors (Lipinski definition) is 1. The lowest BCUT2D eigenvalue weighted by Gasteiger charge is -2.02. The summed E-state index contributed by atoms with van der Waals surface area (Å²) in [6.07, 6.45) is 4.38. The van der Waals surface area contributed by atoms with E-state index in [1.807, 2.05) is 10.9 Å². The highest BCUT2D eigenvalue weighted by molar-refractivity contribution is 5.72. The van der Waals surface area contributed by atoms with Crippen molar-refractivity contribution in [2.24, 2.45) is 5.92 Å². The van der Waals surface area contributed by atoms with Gasteiger partial charge in [0.2, 0.25) is 5.91 Å². The lowest BCUT2D eigenvalue weighted by molar-refractivity contribution is -0.118. The molecule has 92 valence electrons. The zero-order chi connectivity index (χ0) is 12.7. The van der Waals surface area contributed by atoms with E-state index in [9.17, 15) is 4.79 Å². The summed E-state index contributed by atoms with van der Waals surface area (Å²) < 4.78 is 1.91. The van der Waals surface area contributed by atoms with Gasteiger partial charge in [-0.2, -0.15) is 5.10 Å². The van der Waals surface area contributed by atoms with Gasteiger partial charge in [-0.3, -0.25) is 9.48 Å². The molecule has 0 aliphatic carbocycles. The fourth-order valence-corrected chi connectivity index (χ4v) is 1.37. The molecule has 0 aromatic carbocycles.